The summed E-state index contributed by atoms with van der Waals surface area (Å²) in [6, 6.07) is 6.43. The largest absolute Gasteiger partial charge is 0.506 e. The molecule has 82 valence electrons. The Labute approximate surface area is 102 Å². The number of rotatable bonds is 2. The first-order valence-corrected chi connectivity index (χ1v) is 5.15. The van der Waals surface area contributed by atoms with E-state index < -0.39 is 0 Å². The van der Waals surface area contributed by atoms with Crippen LogP contribution in [0.4, 0.5) is 11.5 Å². The molecule has 0 saturated carbocycles. The molecule has 16 heavy (non-hydrogen) atoms. The second-order valence-electron chi connectivity index (χ2n) is 3.00. The van der Waals surface area contributed by atoms with Crippen LogP contribution in [-0.2, 0) is 0 Å². The van der Waals surface area contributed by atoms with Crippen molar-refractivity contribution in [3.8, 4) is 5.75 Å². The highest BCUT2D eigenvalue weighted by Gasteiger charge is 2.01. The number of benzene rings is 1. The number of anilines is 2. The van der Waals surface area contributed by atoms with E-state index in [4.69, 9.17) is 23.2 Å². The minimum Gasteiger partial charge on any atom is -0.506 e. The number of phenols is 1. The average Bonchev–Trinajstić information content (AvgIpc) is 2.24. The fourth-order valence-electron chi connectivity index (χ4n) is 1.14. The zero-order valence-electron chi connectivity index (χ0n) is 7.98. The topological polar surface area (TPSA) is 58.0 Å². The maximum absolute atomic E-state index is 9.25. The highest BCUT2D eigenvalue weighted by Crippen LogP contribution is 2.27. The standard InChI is InChI=1S/C10H7Cl2N3O/c11-7-5-6(1-2-8(7)16)14-9-3-4-13-10(12)15-9/h1-5,16H,(H,13,14,15). The van der Waals surface area contributed by atoms with Crippen LogP contribution in [0.25, 0.3) is 0 Å². The van der Waals surface area contributed by atoms with Crippen LogP contribution < -0.4 is 5.32 Å². The quantitative estimate of drug-likeness (QED) is 0.639. The number of hydrogen-bond acceptors (Lipinski definition) is 4. The number of hydrogen-bond donors (Lipinski definition) is 2. The van der Waals surface area contributed by atoms with Crippen LogP contribution in [0.2, 0.25) is 10.3 Å². The van der Waals surface area contributed by atoms with Gasteiger partial charge in [-0.1, -0.05) is 11.6 Å². The van der Waals surface area contributed by atoms with Gasteiger partial charge >= 0.3 is 0 Å². The van der Waals surface area contributed by atoms with E-state index in [0.29, 0.717) is 11.5 Å². The van der Waals surface area contributed by atoms with Crippen molar-refractivity contribution in [3.63, 3.8) is 0 Å². The summed E-state index contributed by atoms with van der Waals surface area (Å²) in [5.74, 6) is 0.592. The summed E-state index contributed by atoms with van der Waals surface area (Å²) in [5, 5.41) is 12.7. The van der Waals surface area contributed by atoms with Gasteiger partial charge in [-0.15, -0.1) is 0 Å². The predicted octanol–water partition coefficient (Wildman–Crippen LogP) is 3.23. The summed E-state index contributed by atoms with van der Waals surface area (Å²) in [4.78, 5) is 7.72. The first-order valence-electron chi connectivity index (χ1n) is 4.39. The van der Waals surface area contributed by atoms with Crippen LogP contribution in [0.1, 0.15) is 0 Å². The molecule has 1 aromatic heterocycles. The van der Waals surface area contributed by atoms with Crippen molar-refractivity contribution in [2.45, 2.75) is 0 Å². The van der Waals surface area contributed by atoms with E-state index in [9.17, 15) is 5.11 Å². The summed E-state index contributed by atoms with van der Waals surface area (Å²) in [6.07, 6.45) is 1.54. The number of nitrogens with one attached hydrogen (secondary N) is 1. The van der Waals surface area contributed by atoms with Crippen molar-refractivity contribution in [3.05, 3.63) is 40.8 Å². The van der Waals surface area contributed by atoms with Gasteiger partial charge in [-0.2, -0.15) is 0 Å². The van der Waals surface area contributed by atoms with Gasteiger partial charge in [0.05, 0.1) is 5.02 Å². The van der Waals surface area contributed by atoms with Gasteiger partial charge in [-0.05, 0) is 35.9 Å². The van der Waals surface area contributed by atoms with Gasteiger partial charge in [0.15, 0.2) is 0 Å². The Morgan fingerprint density at radius 3 is 2.69 bits per heavy atom. The Morgan fingerprint density at radius 1 is 1.19 bits per heavy atom. The lowest BCUT2D eigenvalue weighted by atomic mass is 10.3. The van der Waals surface area contributed by atoms with Crippen LogP contribution in [0, 0.1) is 0 Å². The minimum atomic E-state index is 0.0351. The van der Waals surface area contributed by atoms with Gasteiger partial charge in [0, 0.05) is 11.9 Å². The van der Waals surface area contributed by atoms with Crippen molar-refractivity contribution in [2.24, 2.45) is 0 Å². The number of aromatic nitrogens is 2. The molecule has 0 bridgehead atoms. The molecule has 0 amide bonds. The lowest BCUT2D eigenvalue weighted by Crippen LogP contribution is -1.94. The van der Waals surface area contributed by atoms with E-state index in [1.807, 2.05) is 0 Å². The zero-order valence-corrected chi connectivity index (χ0v) is 9.50. The first kappa shape index (κ1) is 11.0. The van der Waals surface area contributed by atoms with E-state index >= 15 is 0 Å². The molecule has 0 fully saturated rings. The summed E-state index contributed by atoms with van der Waals surface area (Å²) in [7, 11) is 0. The van der Waals surface area contributed by atoms with E-state index in [0.717, 1.165) is 0 Å². The predicted molar refractivity (Wildman–Crippen MR) is 63.4 cm³/mol. The molecule has 2 N–H and O–H groups in total. The molecule has 4 nitrogen and oxygen atoms in total. The first-order chi connectivity index (χ1) is 7.65. The Balaban J connectivity index is 2.24. The lowest BCUT2D eigenvalue weighted by molar-refractivity contribution is 0.475. The molecular weight excluding hydrogens is 249 g/mol. The number of nitrogens with zero attached hydrogens (tertiary/aromatic N) is 2. The van der Waals surface area contributed by atoms with Crippen molar-refractivity contribution >= 4 is 34.7 Å². The van der Waals surface area contributed by atoms with E-state index in [2.05, 4.69) is 15.3 Å². The van der Waals surface area contributed by atoms with Crippen LogP contribution in [0.15, 0.2) is 30.5 Å². The molecule has 2 aromatic rings. The van der Waals surface area contributed by atoms with Crippen molar-refractivity contribution < 1.29 is 5.11 Å². The van der Waals surface area contributed by atoms with Gasteiger partial charge < -0.3 is 10.4 Å². The molecule has 0 aliphatic rings. The molecule has 0 spiro atoms. The monoisotopic (exact) mass is 255 g/mol. The highest BCUT2D eigenvalue weighted by molar-refractivity contribution is 6.32. The number of halogens is 2. The van der Waals surface area contributed by atoms with Crippen molar-refractivity contribution in [2.75, 3.05) is 5.32 Å². The maximum atomic E-state index is 9.25. The molecule has 0 aliphatic heterocycles. The molecule has 0 radical (unpaired) electrons. The number of aromatic hydroxyl groups is 1. The Morgan fingerprint density at radius 2 is 2.00 bits per heavy atom. The molecule has 0 saturated heterocycles. The molecule has 2 rings (SSSR count). The summed E-state index contributed by atoms with van der Waals surface area (Å²) in [5.41, 5.74) is 0.706. The van der Waals surface area contributed by atoms with Gasteiger partial charge in [-0.3, -0.25) is 0 Å². The zero-order chi connectivity index (χ0) is 11.5. The second kappa shape index (κ2) is 4.55. The van der Waals surface area contributed by atoms with Crippen LogP contribution in [-0.4, -0.2) is 15.1 Å². The second-order valence-corrected chi connectivity index (χ2v) is 3.75. The average molecular weight is 256 g/mol. The van der Waals surface area contributed by atoms with Gasteiger partial charge in [0.25, 0.3) is 0 Å². The molecule has 6 heteroatoms. The Kier molecular flexibility index (Phi) is 3.12. The summed E-state index contributed by atoms with van der Waals surface area (Å²) < 4.78 is 0. The third kappa shape index (κ3) is 2.53. The summed E-state index contributed by atoms with van der Waals surface area (Å²) in [6.45, 7) is 0. The number of phenolic OH excluding ortho intramolecular Hbond substituents is 1. The summed E-state index contributed by atoms with van der Waals surface area (Å²) >= 11 is 11.4. The van der Waals surface area contributed by atoms with Crippen LogP contribution in [0.5, 0.6) is 5.75 Å². The SMILES string of the molecule is Oc1ccc(Nc2ccnc(Cl)n2)cc1Cl. The molecule has 1 aromatic carbocycles. The van der Waals surface area contributed by atoms with Gasteiger partial charge in [0.2, 0.25) is 5.28 Å². The highest BCUT2D eigenvalue weighted by atomic mass is 35.5. The van der Waals surface area contributed by atoms with E-state index in [1.54, 1.807) is 24.4 Å². The van der Waals surface area contributed by atoms with Crippen LogP contribution >= 0.6 is 23.2 Å². The Bertz CT molecular complexity index is 519. The normalized spacial score (nSPS) is 10.1. The van der Waals surface area contributed by atoms with Gasteiger partial charge in [-0.25, -0.2) is 9.97 Å². The Hall–Kier alpha value is -1.52. The maximum Gasteiger partial charge on any atom is 0.224 e. The molecular formula is C10H7Cl2N3O. The fraction of sp³-hybridized carbons (Fsp3) is 0. The van der Waals surface area contributed by atoms with Crippen LogP contribution in [0.3, 0.4) is 0 Å². The van der Waals surface area contributed by atoms with Gasteiger partial charge in [0.1, 0.15) is 11.6 Å². The smallest absolute Gasteiger partial charge is 0.224 e. The minimum absolute atomic E-state index is 0.0351. The molecule has 0 aliphatic carbocycles. The van der Waals surface area contributed by atoms with E-state index in [-0.39, 0.29) is 16.1 Å². The molecule has 0 unspecified atom stereocenters. The molecule has 0 atom stereocenters. The third-order valence-electron chi connectivity index (χ3n) is 1.85. The lowest BCUT2D eigenvalue weighted by Gasteiger charge is -2.06. The van der Waals surface area contributed by atoms with Crippen molar-refractivity contribution in [1.29, 1.82) is 0 Å². The van der Waals surface area contributed by atoms with Crippen molar-refractivity contribution in [1.82, 2.24) is 9.97 Å². The van der Waals surface area contributed by atoms with E-state index in [1.165, 1.54) is 6.07 Å². The fourth-order valence-corrected chi connectivity index (χ4v) is 1.46. The molecule has 1 heterocycles. The third-order valence-corrected chi connectivity index (χ3v) is 2.33.